The SMILES string of the molecule is Cn1cc(C(CC(=O)O)C(F)F)c2cccnc21. The second kappa shape index (κ2) is 4.72. The Morgan fingerprint density at radius 3 is 2.89 bits per heavy atom. The van der Waals surface area contributed by atoms with Gasteiger partial charge in [0.25, 0.3) is 0 Å². The van der Waals surface area contributed by atoms with E-state index in [1.54, 1.807) is 29.9 Å². The minimum absolute atomic E-state index is 0.331. The lowest BCUT2D eigenvalue weighted by Crippen LogP contribution is -2.13. The van der Waals surface area contributed by atoms with Crippen molar-refractivity contribution >= 4 is 17.0 Å². The van der Waals surface area contributed by atoms with Gasteiger partial charge in [0.1, 0.15) is 5.65 Å². The molecule has 0 aliphatic rings. The first-order valence-electron chi connectivity index (χ1n) is 5.40. The van der Waals surface area contributed by atoms with Gasteiger partial charge in [0.15, 0.2) is 0 Å². The Kier molecular flexibility index (Phi) is 3.27. The van der Waals surface area contributed by atoms with Crippen LogP contribution in [0.3, 0.4) is 0 Å². The minimum Gasteiger partial charge on any atom is -0.481 e. The Morgan fingerprint density at radius 2 is 2.28 bits per heavy atom. The van der Waals surface area contributed by atoms with Crippen molar-refractivity contribution in [2.45, 2.75) is 18.8 Å². The molecule has 6 heteroatoms. The first kappa shape index (κ1) is 12.5. The highest BCUT2D eigenvalue weighted by Gasteiger charge is 2.28. The Bertz CT molecular complexity index is 580. The van der Waals surface area contributed by atoms with Gasteiger partial charge in [0, 0.05) is 24.8 Å². The standard InChI is InChI=1S/C12H12F2N2O2/c1-16-6-9(7-3-2-4-15-12(7)16)8(11(13)14)5-10(17)18/h2-4,6,8,11H,5H2,1H3,(H,17,18). The summed E-state index contributed by atoms with van der Waals surface area (Å²) in [5, 5.41) is 9.29. The fourth-order valence-corrected chi connectivity index (χ4v) is 2.06. The van der Waals surface area contributed by atoms with Crippen molar-refractivity contribution in [2.75, 3.05) is 0 Å². The van der Waals surface area contributed by atoms with Crippen LogP contribution < -0.4 is 0 Å². The van der Waals surface area contributed by atoms with Gasteiger partial charge in [-0.05, 0) is 17.7 Å². The molecule has 0 aliphatic heterocycles. The molecule has 2 heterocycles. The van der Waals surface area contributed by atoms with Crippen molar-refractivity contribution in [3.63, 3.8) is 0 Å². The summed E-state index contributed by atoms with van der Waals surface area (Å²) in [5.41, 5.74) is 0.904. The molecule has 18 heavy (non-hydrogen) atoms. The third kappa shape index (κ3) is 2.18. The van der Waals surface area contributed by atoms with Crippen LogP contribution in [0.5, 0.6) is 0 Å². The molecular weight excluding hydrogens is 242 g/mol. The minimum atomic E-state index is -2.72. The zero-order chi connectivity index (χ0) is 13.3. The summed E-state index contributed by atoms with van der Waals surface area (Å²) in [4.78, 5) is 14.8. The van der Waals surface area contributed by atoms with Crippen LogP contribution in [0, 0.1) is 0 Å². The number of rotatable bonds is 4. The van der Waals surface area contributed by atoms with Gasteiger partial charge >= 0.3 is 5.97 Å². The number of aryl methyl sites for hydroxylation is 1. The fraction of sp³-hybridized carbons (Fsp3) is 0.333. The molecule has 1 N–H and O–H groups in total. The second-order valence-electron chi connectivity index (χ2n) is 4.11. The molecule has 2 rings (SSSR count). The average molecular weight is 254 g/mol. The van der Waals surface area contributed by atoms with E-state index in [0.29, 0.717) is 16.6 Å². The number of hydrogen-bond donors (Lipinski definition) is 1. The Balaban J connectivity index is 2.54. The van der Waals surface area contributed by atoms with Crippen molar-refractivity contribution in [1.82, 2.24) is 9.55 Å². The molecule has 4 nitrogen and oxygen atoms in total. The highest BCUT2D eigenvalue weighted by Crippen LogP contribution is 2.32. The Hall–Kier alpha value is -1.98. The molecule has 0 amide bonds. The summed E-state index contributed by atoms with van der Waals surface area (Å²) in [6, 6.07) is 3.32. The monoisotopic (exact) mass is 254 g/mol. The van der Waals surface area contributed by atoms with Crippen LogP contribution in [-0.2, 0) is 11.8 Å². The molecule has 1 atom stereocenters. The van der Waals surface area contributed by atoms with Crippen molar-refractivity contribution in [2.24, 2.45) is 7.05 Å². The smallest absolute Gasteiger partial charge is 0.304 e. The number of pyridine rings is 1. The molecule has 96 valence electrons. The molecule has 0 aromatic carbocycles. The first-order valence-corrected chi connectivity index (χ1v) is 5.40. The van der Waals surface area contributed by atoms with Crippen LogP contribution in [-0.4, -0.2) is 27.1 Å². The van der Waals surface area contributed by atoms with Gasteiger partial charge in [0.2, 0.25) is 6.43 Å². The zero-order valence-corrected chi connectivity index (χ0v) is 9.68. The quantitative estimate of drug-likeness (QED) is 0.911. The maximum Gasteiger partial charge on any atom is 0.304 e. The number of carboxylic acids is 1. The molecule has 0 bridgehead atoms. The van der Waals surface area contributed by atoms with Crippen LogP contribution in [0.1, 0.15) is 17.9 Å². The van der Waals surface area contributed by atoms with Crippen LogP contribution in [0.2, 0.25) is 0 Å². The number of fused-ring (bicyclic) bond motifs is 1. The van der Waals surface area contributed by atoms with Crippen molar-refractivity contribution < 1.29 is 18.7 Å². The van der Waals surface area contributed by atoms with Gasteiger partial charge in [-0.2, -0.15) is 0 Å². The molecule has 0 radical (unpaired) electrons. The van der Waals surface area contributed by atoms with Crippen LogP contribution in [0.15, 0.2) is 24.5 Å². The molecule has 0 aliphatic carbocycles. The third-order valence-corrected chi connectivity index (χ3v) is 2.86. The highest BCUT2D eigenvalue weighted by atomic mass is 19.3. The number of hydrogen-bond acceptors (Lipinski definition) is 2. The molecule has 0 saturated heterocycles. The number of nitrogens with zero attached hydrogens (tertiary/aromatic N) is 2. The summed E-state index contributed by atoms with van der Waals surface area (Å²) in [6.07, 6.45) is -0.212. The highest BCUT2D eigenvalue weighted by molar-refractivity contribution is 5.82. The summed E-state index contributed by atoms with van der Waals surface area (Å²) in [5.74, 6) is -2.54. The van der Waals surface area contributed by atoms with E-state index >= 15 is 0 Å². The van der Waals surface area contributed by atoms with E-state index in [4.69, 9.17) is 5.11 Å². The molecular formula is C12H12F2N2O2. The number of aromatic nitrogens is 2. The molecule has 1 unspecified atom stereocenters. The first-order chi connectivity index (χ1) is 8.50. The lowest BCUT2D eigenvalue weighted by molar-refractivity contribution is -0.138. The lowest BCUT2D eigenvalue weighted by Gasteiger charge is -2.12. The van der Waals surface area contributed by atoms with Crippen molar-refractivity contribution in [1.29, 1.82) is 0 Å². The van der Waals surface area contributed by atoms with Crippen molar-refractivity contribution in [3.05, 3.63) is 30.1 Å². The number of alkyl halides is 2. The predicted octanol–water partition coefficient (Wildman–Crippen LogP) is 2.40. The van der Waals surface area contributed by atoms with E-state index in [1.165, 1.54) is 6.20 Å². The maximum absolute atomic E-state index is 13.0. The van der Waals surface area contributed by atoms with Gasteiger partial charge in [-0.3, -0.25) is 4.79 Å². The average Bonchev–Trinajstić information content (AvgIpc) is 2.64. The number of carboxylic acid groups (broad SMARTS) is 1. The number of carbonyl (C=O) groups is 1. The van der Waals surface area contributed by atoms with E-state index in [9.17, 15) is 13.6 Å². The molecule has 2 aromatic heterocycles. The van der Waals surface area contributed by atoms with Gasteiger partial charge in [-0.25, -0.2) is 13.8 Å². The normalized spacial score (nSPS) is 13.1. The molecule has 0 fully saturated rings. The Morgan fingerprint density at radius 1 is 1.56 bits per heavy atom. The van der Waals surface area contributed by atoms with Crippen LogP contribution >= 0.6 is 0 Å². The second-order valence-corrected chi connectivity index (χ2v) is 4.11. The summed E-state index contributed by atoms with van der Waals surface area (Å²) >= 11 is 0. The maximum atomic E-state index is 13.0. The largest absolute Gasteiger partial charge is 0.481 e. The molecule has 0 saturated carbocycles. The van der Waals surface area contributed by atoms with E-state index in [-0.39, 0.29) is 0 Å². The number of halogens is 2. The molecule has 0 spiro atoms. The van der Waals surface area contributed by atoms with Gasteiger partial charge in [-0.15, -0.1) is 0 Å². The van der Waals surface area contributed by atoms with E-state index in [0.717, 1.165) is 0 Å². The zero-order valence-electron chi connectivity index (χ0n) is 9.68. The van der Waals surface area contributed by atoms with Crippen molar-refractivity contribution in [3.8, 4) is 0 Å². The fourth-order valence-electron chi connectivity index (χ4n) is 2.06. The van der Waals surface area contributed by atoms with Gasteiger partial charge in [-0.1, -0.05) is 0 Å². The van der Waals surface area contributed by atoms with Gasteiger partial charge < -0.3 is 9.67 Å². The summed E-state index contributed by atoms with van der Waals surface area (Å²) in [7, 11) is 1.70. The summed E-state index contributed by atoms with van der Waals surface area (Å²) < 4.78 is 27.6. The van der Waals surface area contributed by atoms with Crippen LogP contribution in [0.4, 0.5) is 8.78 Å². The van der Waals surface area contributed by atoms with Gasteiger partial charge in [0.05, 0.1) is 12.3 Å². The van der Waals surface area contributed by atoms with E-state index < -0.39 is 24.7 Å². The predicted molar refractivity (Wildman–Crippen MR) is 61.7 cm³/mol. The Labute approximate surface area is 102 Å². The summed E-state index contributed by atoms with van der Waals surface area (Å²) in [6.45, 7) is 0. The third-order valence-electron chi connectivity index (χ3n) is 2.86. The van der Waals surface area contributed by atoms with E-state index in [1.807, 2.05) is 0 Å². The molecule has 2 aromatic rings. The number of aliphatic carboxylic acids is 1. The lowest BCUT2D eigenvalue weighted by atomic mass is 9.96. The topological polar surface area (TPSA) is 55.1 Å². The van der Waals surface area contributed by atoms with Crippen LogP contribution in [0.25, 0.3) is 11.0 Å². The van der Waals surface area contributed by atoms with E-state index in [2.05, 4.69) is 4.98 Å².